The van der Waals surface area contributed by atoms with Crippen LogP contribution in [0.5, 0.6) is 0 Å². The molecular weight excluding hydrogens is 505 g/mol. The van der Waals surface area contributed by atoms with Gasteiger partial charge in [0.25, 0.3) is 6.47 Å². The summed E-state index contributed by atoms with van der Waals surface area (Å²) in [5.74, 6) is -2.12. The summed E-state index contributed by atoms with van der Waals surface area (Å²) in [6.45, 7) is 3.93. The summed E-state index contributed by atoms with van der Waals surface area (Å²) in [6, 6.07) is 5.33. The van der Waals surface area contributed by atoms with E-state index in [0.29, 0.717) is 13.1 Å². The molecule has 0 N–H and O–H groups in total. The Hall–Kier alpha value is -1.90. The zero-order valence-corrected chi connectivity index (χ0v) is 18.9. The van der Waals surface area contributed by atoms with Gasteiger partial charge in [0.05, 0.1) is 33.2 Å². The number of ether oxygens (including phenoxy) is 1. The molecule has 2 rings (SSSR count). The molecule has 0 saturated carbocycles. The van der Waals surface area contributed by atoms with Gasteiger partial charge in [-0.2, -0.15) is 26.3 Å². The maximum Gasteiger partial charge on any atom is 0.416 e. The molecule has 2 aromatic rings. The Bertz CT molecular complexity index is 933. The van der Waals surface area contributed by atoms with Crippen LogP contribution in [0.1, 0.15) is 35.1 Å². The van der Waals surface area contributed by atoms with Crippen LogP contribution in [0.2, 0.25) is 15.1 Å². The van der Waals surface area contributed by atoms with Crippen LogP contribution in [0.3, 0.4) is 0 Å². The van der Waals surface area contributed by atoms with Crippen molar-refractivity contribution in [2.45, 2.75) is 32.1 Å². The maximum atomic E-state index is 13.5. The Morgan fingerprint density at radius 3 is 1.97 bits per heavy atom. The molecule has 0 bridgehead atoms. The van der Waals surface area contributed by atoms with Gasteiger partial charge in [0.2, 0.25) is 0 Å². The van der Waals surface area contributed by atoms with Crippen LogP contribution in [0.15, 0.2) is 36.4 Å². The van der Waals surface area contributed by atoms with Crippen molar-refractivity contribution in [3.8, 4) is 0 Å². The highest BCUT2D eigenvalue weighted by molar-refractivity contribution is 6.48. The average Bonchev–Trinajstić information content (AvgIpc) is 2.66. The molecule has 0 fully saturated rings. The van der Waals surface area contributed by atoms with E-state index in [1.807, 2.05) is 0 Å². The van der Waals surface area contributed by atoms with Gasteiger partial charge in [-0.05, 0) is 48.7 Å². The number of aryl methyl sites for hydroxylation is 1. The van der Waals surface area contributed by atoms with E-state index >= 15 is 0 Å². The van der Waals surface area contributed by atoms with E-state index in [2.05, 4.69) is 4.74 Å². The number of alkyl halides is 6. The molecule has 0 radical (unpaired) electrons. The Morgan fingerprint density at radius 2 is 1.56 bits per heavy atom. The molecule has 2 nitrogen and oxygen atoms in total. The van der Waals surface area contributed by atoms with E-state index < -0.39 is 23.8 Å². The van der Waals surface area contributed by atoms with E-state index in [4.69, 9.17) is 34.8 Å². The van der Waals surface area contributed by atoms with Crippen LogP contribution in [0.25, 0.3) is 6.08 Å². The molecule has 1 atom stereocenters. The lowest BCUT2D eigenvalue weighted by Gasteiger charge is -2.18. The maximum absolute atomic E-state index is 13.5. The molecule has 0 saturated heterocycles. The summed E-state index contributed by atoms with van der Waals surface area (Å²) in [4.78, 5) is 9.18. The highest BCUT2D eigenvalue weighted by atomic mass is 35.5. The molecule has 0 aromatic heterocycles. The number of allylic oxidation sites excluding steroid dienone is 1. The van der Waals surface area contributed by atoms with Crippen molar-refractivity contribution < 1.29 is 35.9 Å². The van der Waals surface area contributed by atoms with E-state index in [1.165, 1.54) is 19.1 Å². The second kappa shape index (κ2) is 11.8. The van der Waals surface area contributed by atoms with Crippen LogP contribution >= 0.6 is 34.8 Å². The molecule has 0 amide bonds. The number of rotatable bonds is 5. The predicted molar refractivity (Wildman–Crippen MR) is 113 cm³/mol. The third-order valence-electron chi connectivity index (χ3n) is 4.00. The van der Waals surface area contributed by atoms with Gasteiger partial charge in [0, 0.05) is 0 Å². The first-order valence-electron chi connectivity index (χ1n) is 8.84. The van der Waals surface area contributed by atoms with Crippen molar-refractivity contribution in [1.29, 1.82) is 0 Å². The minimum atomic E-state index is -4.71. The number of hydrogen-bond acceptors (Lipinski definition) is 2. The first-order chi connectivity index (χ1) is 14.7. The second-order valence-electron chi connectivity index (χ2n) is 6.30. The third kappa shape index (κ3) is 8.22. The fourth-order valence-corrected chi connectivity index (χ4v) is 3.10. The first kappa shape index (κ1) is 28.1. The fourth-order valence-electron chi connectivity index (χ4n) is 2.49. The quantitative estimate of drug-likeness (QED) is 0.224. The number of carbonyl (C=O) groups is 1. The number of benzene rings is 2. The van der Waals surface area contributed by atoms with Crippen molar-refractivity contribution in [2.75, 3.05) is 6.61 Å². The van der Waals surface area contributed by atoms with Gasteiger partial charge in [0.15, 0.2) is 0 Å². The molecule has 0 aliphatic rings. The van der Waals surface area contributed by atoms with Crippen molar-refractivity contribution in [3.63, 3.8) is 0 Å². The Labute approximate surface area is 195 Å². The van der Waals surface area contributed by atoms with Crippen LogP contribution in [-0.2, 0) is 15.7 Å². The Morgan fingerprint density at radius 1 is 1.00 bits per heavy atom. The monoisotopic (exact) mass is 520 g/mol. The molecule has 176 valence electrons. The summed E-state index contributed by atoms with van der Waals surface area (Å²) in [7, 11) is 0. The molecule has 1 unspecified atom stereocenters. The summed E-state index contributed by atoms with van der Waals surface area (Å²) in [5, 5.41) is -0.395. The van der Waals surface area contributed by atoms with Crippen molar-refractivity contribution in [2.24, 2.45) is 0 Å². The van der Waals surface area contributed by atoms with Crippen molar-refractivity contribution in [1.82, 2.24) is 0 Å². The fraction of sp³-hybridized carbons (Fsp3) is 0.286. The Balaban J connectivity index is 0.000000920. The van der Waals surface area contributed by atoms with E-state index in [0.717, 1.165) is 30.4 Å². The summed E-state index contributed by atoms with van der Waals surface area (Å²) in [5.41, 5.74) is -1.23. The third-order valence-corrected chi connectivity index (χ3v) is 5.20. The average molecular weight is 522 g/mol. The highest BCUT2D eigenvalue weighted by Gasteiger charge is 2.39. The van der Waals surface area contributed by atoms with Gasteiger partial charge in [-0.25, -0.2) is 0 Å². The van der Waals surface area contributed by atoms with Gasteiger partial charge < -0.3 is 4.74 Å². The van der Waals surface area contributed by atoms with Crippen LogP contribution in [0, 0.1) is 6.92 Å². The normalized spacial score (nSPS) is 12.8. The summed E-state index contributed by atoms with van der Waals surface area (Å²) in [6.07, 6.45) is -7.59. The second-order valence-corrected chi connectivity index (χ2v) is 7.49. The van der Waals surface area contributed by atoms with Gasteiger partial charge >= 0.3 is 12.4 Å². The van der Waals surface area contributed by atoms with Gasteiger partial charge in [-0.15, -0.1) is 0 Å². The van der Waals surface area contributed by atoms with Crippen molar-refractivity contribution >= 4 is 47.4 Å². The van der Waals surface area contributed by atoms with Crippen molar-refractivity contribution in [3.05, 3.63) is 73.7 Å². The first-order valence-corrected chi connectivity index (χ1v) is 9.98. The van der Waals surface area contributed by atoms with Crippen LogP contribution in [0.4, 0.5) is 26.3 Å². The standard InChI is InChI=1S/C18H11Cl3F6.C3H6O2/c1-9-2-3-10(6-13(9)18(25,26)27)4-5-12(17(22,23)24)11-7-14(19)16(21)15(20)8-11;1-2-5-3-4/h2-8,12H,1H3;3H,2H2,1H3/b5-4+;. The lowest BCUT2D eigenvalue weighted by Crippen LogP contribution is -2.19. The van der Waals surface area contributed by atoms with Crippen LogP contribution < -0.4 is 0 Å². The minimum absolute atomic E-state index is 0.0201. The molecule has 32 heavy (non-hydrogen) atoms. The highest BCUT2D eigenvalue weighted by Crippen LogP contribution is 2.41. The largest absolute Gasteiger partial charge is 0.468 e. The predicted octanol–water partition coefficient (Wildman–Crippen LogP) is 8.51. The summed E-state index contributed by atoms with van der Waals surface area (Å²) >= 11 is 17.3. The molecule has 2 aromatic carbocycles. The SMILES string of the molecule is CCOC=O.Cc1ccc(/C=C/C(c2cc(Cl)c(Cl)c(Cl)c2)C(F)(F)F)cc1C(F)(F)F. The molecule has 0 spiro atoms. The van der Waals surface area contributed by atoms with E-state index in [-0.39, 0.29) is 31.8 Å². The lowest BCUT2D eigenvalue weighted by atomic mass is 9.96. The lowest BCUT2D eigenvalue weighted by molar-refractivity contribution is -0.139. The minimum Gasteiger partial charge on any atom is -0.468 e. The molecule has 0 heterocycles. The van der Waals surface area contributed by atoms with Gasteiger partial charge in [-0.3, -0.25) is 4.79 Å². The van der Waals surface area contributed by atoms with E-state index in [1.54, 1.807) is 6.92 Å². The molecule has 0 aliphatic carbocycles. The zero-order valence-electron chi connectivity index (χ0n) is 16.6. The van der Waals surface area contributed by atoms with Crippen LogP contribution in [-0.4, -0.2) is 19.3 Å². The number of hydrogen-bond donors (Lipinski definition) is 0. The smallest absolute Gasteiger partial charge is 0.416 e. The molecule has 11 heteroatoms. The number of halogens is 9. The Kier molecular flexibility index (Phi) is 10.4. The molecule has 0 aliphatic heterocycles. The summed E-state index contributed by atoms with van der Waals surface area (Å²) < 4.78 is 83.4. The molecular formula is C21H17Cl3F6O2. The van der Waals surface area contributed by atoms with E-state index in [9.17, 15) is 31.1 Å². The zero-order chi connectivity index (χ0) is 24.7. The number of carbonyl (C=O) groups excluding carboxylic acids is 1. The topological polar surface area (TPSA) is 26.3 Å². The van der Waals surface area contributed by atoms with Gasteiger partial charge in [0.1, 0.15) is 0 Å². The van der Waals surface area contributed by atoms with Gasteiger partial charge in [-0.1, -0.05) is 59.1 Å².